The number of rotatable bonds is 8. The standard InChI is InChI=1S/C28H23Cl2N3O5/c1-33(28(35)36)14-17-7-8-23(32-27(17)38-3)22-6-4-5-20(24(22)29)21-9-10-31-26(25(21)30)18-11-16(15-34)12-19(13-18)37-2/h4-13,15H,14H2,1-3H3,(H,35,36). The topological polar surface area (TPSA) is 102 Å². The first-order chi connectivity index (χ1) is 18.3. The SMILES string of the molecule is COc1cc(C=O)cc(-c2nccc(-c3cccc(-c4ccc(CN(C)C(=O)O)c(OC)n4)c3Cl)c2Cl)c1. The van der Waals surface area contributed by atoms with Crippen LogP contribution >= 0.6 is 23.2 Å². The summed E-state index contributed by atoms with van der Waals surface area (Å²) in [5.41, 5.74) is 4.63. The fourth-order valence-electron chi connectivity index (χ4n) is 3.98. The molecule has 2 aromatic carbocycles. The summed E-state index contributed by atoms with van der Waals surface area (Å²) in [7, 11) is 4.46. The largest absolute Gasteiger partial charge is 0.497 e. The maximum Gasteiger partial charge on any atom is 0.407 e. The van der Waals surface area contributed by atoms with Gasteiger partial charge in [0.25, 0.3) is 0 Å². The van der Waals surface area contributed by atoms with Gasteiger partial charge in [0.15, 0.2) is 0 Å². The first kappa shape index (κ1) is 26.9. The molecule has 0 unspecified atom stereocenters. The number of halogens is 2. The molecule has 0 fully saturated rings. The van der Waals surface area contributed by atoms with Crippen molar-refractivity contribution in [2.24, 2.45) is 0 Å². The lowest BCUT2D eigenvalue weighted by atomic mass is 9.99. The maximum absolute atomic E-state index is 11.4. The van der Waals surface area contributed by atoms with Crippen molar-refractivity contribution >= 4 is 35.6 Å². The Bertz CT molecular complexity index is 1530. The molecule has 0 aliphatic heterocycles. The van der Waals surface area contributed by atoms with Crippen molar-refractivity contribution in [1.29, 1.82) is 0 Å². The summed E-state index contributed by atoms with van der Waals surface area (Å²) in [5.74, 6) is 0.802. The van der Waals surface area contributed by atoms with Gasteiger partial charge in [-0.1, -0.05) is 41.4 Å². The van der Waals surface area contributed by atoms with Gasteiger partial charge in [0.1, 0.15) is 12.0 Å². The Labute approximate surface area is 229 Å². The Morgan fingerprint density at radius 3 is 2.42 bits per heavy atom. The van der Waals surface area contributed by atoms with Crippen LogP contribution in [0.1, 0.15) is 15.9 Å². The summed E-state index contributed by atoms with van der Waals surface area (Å²) in [5, 5.41) is 9.96. The molecule has 0 bridgehead atoms. The molecule has 10 heteroatoms. The van der Waals surface area contributed by atoms with Crippen molar-refractivity contribution < 1.29 is 24.2 Å². The Balaban J connectivity index is 1.78. The van der Waals surface area contributed by atoms with E-state index in [-0.39, 0.29) is 6.54 Å². The number of benzene rings is 2. The molecular weight excluding hydrogens is 529 g/mol. The fraction of sp³-hybridized carbons (Fsp3) is 0.143. The minimum absolute atomic E-state index is 0.116. The van der Waals surface area contributed by atoms with Gasteiger partial charge in [0, 0.05) is 46.6 Å². The average Bonchev–Trinajstić information content (AvgIpc) is 2.93. The zero-order valence-corrected chi connectivity index (χ0v) is 22.2. The van der Waals surface area contributed by atoms with Gasteiger partial charge in [-0.15, -0.1) is 0 Å². The second kappa shape index (κ2) is 11.5. The first-order valence-corrected chi connectivity index (χ1v) is 12.1. The number of pyridine rings is 2. The van der Waals surface area contributed by atoms with Gasteiger partial charge in [0.2, 0.25) is 5.88 Å². The molecule has 0 aliphatic carbocycles. The first-order valence-electron chi connectivity index (χ1n) is 11.3. The third-order valence-corrected chi connectivity index (χ3v) is 6.68. The minimum Gasteiger partial charge on any atom is -0.497 e. The van der Waals surface area contributed by atoms with Crippen LogP contribution < -0.4 is 9.47 Å². The second-order valence-corrected chi connectivity index (χ2v) is 9.06. The smallest absolute Gasteiger partial charge is 0.407 e. The lowest BCUT2D eigenvalue weighted by Gasteiger charge is -2.17. The molecule has 38 heavy (non-hydrogen) atoms. The van der Waals surface area contributed by atoms with Crippen LogP contribution in [0.5, 0.6) is 11.6 Å². The molecular formula is C28H23Cl2N3O5. The number of amides is 1. The lowest BCUT2D eigenvalue weighted by molar-refractivity contribution is 0.112. The number of hydrogen-bond acceptors (Lipinski definition) is 6. The summed E-state index contributed by atoms with van der Waals surface area (Å²) in [6.45, 7) is 0.116. The Morgan fingerprint density at radius 2 is 1.74 bits per heavy atom. The molecule has 0 saturated carbocycles. The third-order valence-electron chi connectivity index (χ3n) is 5.89. The molecule has 0 aliphatic rings. The quantitative estimate of drug-likeness (QED) is 0.242. The molecule has 194 valence electrons. The third kappa shape index (κ3) is 5.41. The molecule has 4 rings (SSSR count). The molecule has 0 radical (unpaired) electrons. The van der Waals surface area contributed by atoms with Crippen molar-refractivity contribution in [2.45, 2.75) is 6.54 Å². The van der Waals surface area contributed by atoms with Crippen molar-refractivity contribution in [3.8, 4) is 45.3 Å². The van der Waals surface area contributed by atoms with Crippen molar-refractivity contribution in [1.82, 2.24) is 14.9 Å². The van der Waals surface area contributed by atoms with Gasteiger partial charge in [-0.2, -0.15) is 0 Å². The summed E-state index contributed by atoms with van der Waals surface area (Å²) < 4.78 is 10.7. The van der Waals surface area contributed by atoms with Crippen LogP contribution in [0.15, 0.2) is 60.8 Å². The summed E-state index contributed by atoms with van der Waals surface area (Å²) in [6, 6.07) is 15.8. The number of methoxy groups -OCH3 is 2. The van der Waals surface area contributed by atoms with Crippen LogP contribution in [0.25, 0.3) is 33.6 Å². The number of nitrogens with zero attached hydrogens (tertiary/aromatic N) is 3. The van der Waals surface area contributed by atoms with Crippen molar-refractivity contribution in [3.05, 3.63) is 82.0 Å². The number of carboxylic acid groups (broad SMARTS) is 1. The highest BCUT2D eigenvalue weighted by Gasteiger charge is 2.19. The van der Waals surface area contributed by atoms with E-state index in [1.807, 2.05) is 18.2 Å². The van der Waals surface area contributed by atoms with E-state index in [4.69, 9.17) is 32.7 Å². The molecule has 8 nitrogen and oxygen atoms in total. The average molecular weight is 552 g/mol. The van der Waals surface area contributed by atoms with E-state index in [9.17, 15) is 14.7 Å². The van der Waals surface area contributed by atoms with Crippen LogP contribution in [0.3, 0.4) is 0 Å². The van der Waals surface area contributed by atoms with E-state index in [0.29, 0.717) is 66.4 Å². The number of aldehydes is 1. The molecule has 1 N–H and O–H groups in total. The van der Waals surface area contributed by atoms with E-state index in [1.54, 1.807) is 42.6 Å². The fourth-order valence-corrected chi connectivity index (χ4v) is 4.62. The van der Waals surface area contributed by atoms with E-state index in [2.05, 4.69) is 9.97 Å². The van der Waals surface area contributed by atoms with Gasteiger partial charge >= 0.3 is 6.09 Å². The highest BCUT2D eigenvalue weighted by atomic mass is 35.5. The molecule has 0 spiro atoms. The predicted octanol–water partition coefficient (Wildman–Crippen LogP) is 6.72. The van der Waals surface area contributed by atoms with E-state index in [1.165, 1.54) is 21.3 Å². The second-order valence-electron chi connectivity index (χ2n) is 8.30. The predicted molar refractivity (Wildman–Crippen MR) is 146 cm³/mol. The van der Waals surface area contributed by atoms with Gasteiger partial charge in [-0.05, 0) is 36.4 Å². The Kier molecular flexibility index (Phi) is 8.14. The monoisotopic (exact) mass is 551 g/mol. The normalized spacial score (nSPS) is 10.7. The maximum atomic E-state index is 11.4. The van der Waals surface area contributed by atoms with Crippen molar-refractivity contribution in [3.63, 3.8) is 0 Å². The molecule has 2 heterocycles. The summed E-state index contributed by atoms with van der Waals surface area (Å²) in [4.78, 5) is 32.8. The number of carbonyl (C=O) groups excluding carboxylic acids is 1. The minimum atomic E-state index is -1.06. The van der Waals surface area contributed by atoms with E-state index >= 15 is 0 Å². The van der Waals surface area contributed by atoms with Gasteiger partial charge in [-0.3, -0.25) is 9.78 Å². The van der Waals surface area contributed by atoms with E-state index in [0.717, 1.165) is 11.2 Å². The number of carbonyl (C=O) groups is 2. The highest BCUT2D eigenvalue weighted by molar-refractivity contribution is 6.39. The Hall–Kier alpha value is -4.14. The molecule has 0 atom stereocenters. The Morgan fingerprint density at radius 1 is 1.00 bits per heavy atom. The van der Waals surface area contributed by atoms with Gasteiger partial charge < -0.3 is 19.5 Å². The molecule has 1 amide bonds. The van der Waals surface area contributed by atoms with E-state index < -0.39 is 6.09 Å². The van der Waals surface area contributed by atoms with Gasteiger partial charge in [-0.25, -0.2) is 9.78 Å². The van der Waals surface area contributed by atoms with Crippen LogP contribution in [0, 0.1) is 0 Å². The molecule has 4 aromatic rings. The number of ether oxygens (including phenoxy) is 2. The molecule has 2 aromatic heterocycles. The zero-order valence-electron chi connectivity index (χ0n) is 20.7. The summed E-state index contributed by atoms with van der Waals surface area (Å²) >= 11 is 13.7. The number of hydrogen-bond donors (Lipinski definition) is 1. The van der Waals surface area contributed by atoms with Crippen LogP contribution in [0.4, 0.5) is 4.79 Å². The van der Waals surface area contributed by atoms with Crippen LogP contribution in [-0.2, 0) is 6.54 Å². The van der Waals surface area contributed by atoms with Gasteiger partial charge in [0.05, 0.1) is 42.2 Å². The highest BCUT2D eigenvalue weighted by Crippen LogP contribution is 2.42. The molecule has 0 saturated heterocycles. The lowest BCUT2D eigenvalue weighted by Crippen LogP contribution is -2.24. The van der Waals surface area contributed by atoms with Crippen molar-refractivity contribution in [2.75, 3.05) is 21.3 Å². The summed E-state index contributed by atoms with van der Waals surface area (Å²) in [6.07, 6.45) is 1.29. The van der Waals surface area contributed by atoms with Crippen LogP contribution in [-0.4, -0.2) is 53.6 Å². The number of aromatic nitrogens is 2. The zero-order chi connectivity index (χ0) is 27.4. The van der Waals surface area contributed by atoms with Crippen LogP contribution in [0.2, 0.25) is 10.0 Å².